The number of rotatable bonds is 3. The van der Waals surface area contributed by atoms with E-state index in [2.05, 4.69) is 11.8 Å². The second-order valence-electron chi connectivity index (χ2n) is 4.20. The maximum Gasteiger partial charge on any atom is 0.0363 e. The smallest absolute Gasteiger partial charge is 0.0363 e. The molecule has 2 fully saturated rings. The van der Waals surface area contributed by atoms with Crippen LogP contribution in [0.25, 0.3) is 0 Å². The molecule has 0 bridgehead atoms. The Balaban J connectivity index is 1.87. The maximum absolute atomic E-state index is 11.2. The predicted octanol–water partition coefficient (Wildman–Crippen LogP) is 1.24. The van der Waals surface area contributed by atoms with Crippen LogP contribution in [-0.2, 0) is 10.8 Å². The summed E-state index contributed by atoms with van der Waals surface area (Å²) in [5.74, 6) is 2.78. The fraction of sp³-hybridized carbons (Fsp3) is 1.00. The molecular weight excluding hydrogens is 182 g/mol. The van der Waals surface area contributed by atoms with Gasteiger partial charge in [0, 0.05) is 41.4 Å². The molecule has 1 atom stereocenters. The number of hydrogen-bond acceptors (Lipinski definition) is 2. The van der Waals surface area contributed by atoms with Crippen LogP contribution in [0.2, 0.25) is 0 Å². The Morgan fingerprint density at radius 3 is 2.46 bits per heavy atom. The van der Waals surface area contributed by atoms with Crippen molar-refractivity contribution in [2.24, 2.45) is 5.92 Å². The van der Waals surface area contributed by atoms with Crippen molar-refractivity contribution in [3.63, 3.8) is 0 Å². The SMILES string of the molecule is CCC(C1CC1)N1CCS(=O)CC1. The lowest BCUT2D eigenvalue weighted by molar-refractivity contribution is 0.187. The van der Waals surface area contributed by atoms with Gasteiger partial charge < -0.3 is 0 Å². The fourth-order valence-corrected chi connectivity index (χ4v) is 3.43. The van der Waals surface area contributed by atoms with Crippen LogP contribution < -0.4 is 0 Å². The molecule has 0 amide bonds. The van der Waals surface area contributed by atoms with Crippen LogP contribution in [0.3, 0.4) is 0 Å². The highest BCUT2D eigenvalue weighted by atomic mass is 32.2. The van der Waals surface area contributed by atoms with Crippen molar-refractivity contribution in [3.8, 4) is 0 Å². The molecule has 2 aliphatic rings. The number of hydrogen-bond donors (Lipinski definition) is 0. The molecule has 1 saturated carbocycles. The minimum absolute atomic E-state index is 0.514. The molecule has 0 N–H and O–H groups in total. The molecule has 0 spiro atoms. The van der Waals surface area contributed by atoms with Crippen LogP contribution in [0.5, 0.6) is 0 Å². The summed E-state index contributed by atoms with van der Waals surface area (Å²) in [6, 6.07) is 0.803. The van der Waals surface area contributed by atoms with Crippen LogP contribution in [0.4, 0.5) is 0 Å². The van der Waals surface area contributed by atoms with Crippen molar-refractivity contribution in [2.75, 3.05) is 24.6 Å². The summed E-state index contributed by atoms with van der Waals surface area (Å²) in [6.07, 6.45) is 4.13. The molecule has 1 aliphatic carbocycles. The van der Waals surface area contributed by atoms with Gasteiger partial charge in [0.25, 0.3) is 0 Å². The molecule has 1 unspecified atom stereocenters. The third kappa shape index (κ3) is 2.32. The summed E-state index contributed by atoms with van der Waals surface area (Å²) in [4.78, 5) is 2.57. The van der Waals surface area contributed by atoms with Gasteiger partial charge in [-0.05, 0) is 25.2 Å². The zero-order valence-corrected chi connectivity index (χ0v) is 9.18. The van der Waals surface area contributed by atoms with Crippen molar-refractivity contribution in [2.45, 2.75) is 32.2 Å². The molecule has 1 saturated heterocycles. The van der Waals surface area contributed by atoms with Gasteiger partial charge in [-0.15, -0.1) is 0 Å². The van der Waals surface area contributed by atoms with Crippen molar-refractivity contribution < 1.29 is 4.21 Å². The molecule has 2 rings (SSSR count). The van der Waals surface area contributed by atoms with E-state index in [1.807, 2.05) is 0 Å². The van der Waals surface area contributed by atoms with Gasteiger partial charge in [-0.25, -0.2) is 0 Å². The van der Waals surface area contributed by atoms with Crippen LogP contribution >= 0.6 is 0 Å². The molecule has 0 aromatic heterocycles. The first-order valence-corrected chi connectivity index (χ1v) is 6.89. The van der Waals surface area contributed by atoms with Crippen molar-refractivity contribution in [3.05, 3.63) is 0 Å². The van der Waals surface area contributed by atoms with E-state index in [0.29, 0.717) is 0 Å². The predicted molar refractivity (Wildman–Crippen MR) is 56.3 cm³/mol. The second-order valence-corrected chi connectivity index (χ2v) is 5.89. The topological polar surface area (TPSA) is 20.3 Å². The fourth-order valence-electron chi connectivity index (χ4n) is 2.35. The van der Waals surface area contributed by atoms with Gasteiger partial charge in [-0.2, -0.15) is 0 Å². The van der Waals surface area contributed by atoms with Crippen LogP contribution in [0, 0.1) is 5.92 Å². The molecule has 2 nitrogen and oxygen atoms in total. The summed E-state index contributed by atoms with van der Waals surface area (Å²) in [5.41, 5.74) is 0. The minimum atomic E-state index is -0.514. The van der Waals surface area contributed by atoms with Gasteiger partial charge >= 0.3 is 0 Å². The molecule has 1 aliphatic heterocycles. The first-order valence-electron chi connectivity index (χ1n) is 5.40. The van der Waals surface area contributed by atoms with E-state index in [1.165, 1.54) is 19.3 Å². The third-order valence-corrected chi connectivity index (χ3v) is 4.54. The Morgan fingerprint density at radius 2 is 2.00 bits per heavy atom. The van der Waals surface area contributed by atoms with E-state index in [1.54, 1.807) is 0 Å². The Kier molecular flexibility index (Phi) is 3.04. The highest BCUT2D eigenvalue weighted by Crippen LogP contribution is 2.37. The molecule has 13 heavy (non-hydrogen) atoms. The van der Waals surface area contributed by atoms with Crippen LogP contribution in [-0.4, -0.2) is 39.7 Å². The van der Waals surface area contributed by atoms with Gasteiger partial charge in [0.15, 0.2) is 0 Å². The molecule has 0 aromatic rings. The van der Waals surface area contributed by atoms with Gasteiger partial charge in [0.2, 0.25) is 0 Å². The van der Waals surface area contributed by atoms with Crippen LogP contribution in [0.1, 0.15) is 26.2 Å². The highest BCUT2D eigenvalue weighted by Gasteiger charge is 2.34. The lowest BCUT2D eigenvalue weighted by Crippen LogP contribution is -2.45. The summed E-state index contributed by atoms with van der Waals surface area (Å²) < 4.78 is 11.2. The van der Waals surface area contributed by atoms with Crippen molar-refractivity contribution in [1.82, 2.24) is 4.90 Å². The lowest BCUT2D eigenvalue weighted by Gasteiger charge is -2.33. The number of nitrogens with zero attached hydrogens (tertiary/aromatic N) is 1. The average molecular weight is 201 g/mol. The van der Waals surface area contributed by atoms with Gasteiger partial charge in [-0.3, -0.25) is 9.11 Å². The van der Waals surface area contributed by atoms with E-state index in [-0.39, 0.29) is 0 Å². The van der Waals surface area contributed by atoms with Gasteiger partial charge in [0.1, 0.15) is 0 Å². The second kappa shape index (κ2) is 4.09. The molecular formula is C10H19NOS. The molecule has 0 radical (unpaired) electrons. The summed E-state index contributed by atoms with van der Waals surface area (Å²) in [7, 11) is -0.514. The maximum atomic E-state index is 11.2. The Morgan fingerprint density at radius 1 is 1.38 bits per heavy atom. The highest BCUT2D eigenvalue weighted by molar-refractivity contribution is 7.85. The van der Waals surface area contributed by atoms with Crippen molar-refractivity contribution in [1.29, 1.82) is 0 Å². The minimum Gasteiger partial charge on any atom is -0.298 e. The first-order chi connectivity index (χ1) is 6.31. The zero-order chi connectivity index (χ0) is 9.26. The summed E-state index contributed by atoms with van der Waals surface area (Å²) in [5, 5.41) is 0. The molecule has 3 heteroatoms. The van der Waals surface area contributed by atoms with E-state index in [9.17, 15) is 4.21 Å². The van der Waals surface area contributed by atoms with E-state index in [4.69, 9.17) is 0 Å². The summed E-state index contributed by atoms with van der Waals surface area (Å²) >= 11 is 0. The van der Waals surface area contributed by atoms with E-state index < -0.39 is 10.8 Å². The quantitative estimate of drug-likeness (QED) is 0.685. The Hall–Kier alpha value is 0.110. The standard InChI is InChI=1S/C10H19NOS/c1-2-10(9-3-4-9)11-5-7-13(12)8-6-11/h9-10H,2-8H2,1H3. The third-order valence-electron chi connectivity index (χ3n) is 3.27. The largest absolute Gasteiger partial charge is 0.298 e. The normalized spacial score (nSPS) is 29.0. The monoisotopic (exact) mass is 201 g/mol. The molecule has 1 heterocycles. The Bertz CT molecular complexity index is 193. The van der Waals surface area contributed by atoms with Crippen molar-refractivity contribution >= 4 is 10.8 Å². The van der Waals surface area contributed by atoms with Gasteiger partial charge in [-0.1, -0.05) is 6.92 Å². The first kappa shape index (κ1) is 9.66. The molecule has 76 valence electrons. The van der Waals surface area contributed by atoms with E-state index >= 15 is 0 Å². The lowest BCUT2D eigenvalue weighted by atomic mass is 10.1. The van der Waals surface area contributed by atoms with Gasteiger partial charge in [0.05, 0.1) is 0 Å². The Labute approximate surface area is 83.1 Å². The average Bonchev–Trinajstić information content (AvgIpc) is 2.93. The zero-order valence-electron chi connectivity index (χ0n) is 8.37. The molecule has 0 aromatic carbocycles. The van der Waals surface area contributed by atoms with Crippen LogP contribution in [0.15, 0.2) is 0 Å². The summed E-state index contributed by atoms with van der Waals surface area (Å²) in [6.45, 7) is 4.43. The van der Waals surface area contributed by atoms with E-state index in [0.717, 1.165) is 36.6 Å².